The number of carbonyl (C=O) groups is 1. The number of nitrogens with one attached hydrogen (secondary N) is 1. The van der Waals surface area contributed by atoms with E-state index in [1.165, 1.54) is 18.2 Å². The van der Waals surface area contributed by atoms with E-state index in [-0.39, 0.29) is 17.3 Å². The quantitative estimate of drug-likeness (QED) is 0.179. The number of para-hydroxylation sites is 1. The SMILES string of the molecule is NCCNC(=O)CCCCC[n+]1c(/C=C/c2cc(O)ccc2[N+](=O)[O-])ccc2ccccc21. The van der Waals surface area contributed by atoms with Gasteiger partial charge in [0.25, 0.3) is 5.69 Å². The fourth-order valence-electron chi connectivity index (χ4n) is 3.72. The second kappa shape index (κ2) is 11.7. The predicted molar refractivity (Wildman–Crippen MR) is 128 cm³/mol. The lowest BCUT2D eigenvalue weighted by Crippen LogP contribution is -2.38. The van der Waals surface area contributed by atoms with Crippen molar-refractivity contribution in [2.24, 2.45) is 5.73 Å². The Hall–Kier alpha value is -3.78. The highest BCUT2D eigenvalue weighted by Crippen LogP contribution is 2.25. The van der Waals surface area contributed by atoms with Gasteiger partial charge in [-0.05, 0) is 43.2 Å². The molecule has 172 valence electrons. The number of fused-ring (bicyclic) bond motifs is 1. The average Bonchev–Trinajstić information content (AvgIpc) is 2.81. The Bertz CT molecular complexity index is 1160. The number of hydrogen-bond acceptors (Lipinski definition) is 5. The molecule has 0 bridgehead atoms. The zero-order valence-corrected chi connectivity index (χ0v) is 18.4. The van der Waals surface area contributed by atoms with Crippen LogP contribution in [0.5, 0.6) is 5.75 Å². The van der Waals surface area contributed by atoms with E-state index >= 15 is 0 Å². The average molecular weight is 450 g/mol. The molecule has 0 unspecified atom stereocenters. The first-order chi connectivity index (χ1) is 16.0. The molecule has 8 heteroatoms. The van der Waals surface area contributed by atoms with Gasteiger partial charge >= 0.3 is 0 Å². The number of aromatic hydroxyl groups is 1. The first-order valence-corrected chi connectivity index (χ1v) is 11.0. The van der Waals surface area contributed by atoms with Crippen LogP contribution in [0.2, 0.25) is 0 Å². The first-order valence-electron chi connectivity index (χ1n) is 11.0. The van der Waals surface area contributed by atoms with Gasteiger partial charge in [0.2, 0.25) is 17.1 Å². The minimum atomic E-state index is -0.461. The molecule has 0 aliphatic rings. The third-order valence-electron chi connectivity index (χ3n) is 5.37. The maximum atomic E-state index is 11.7. The summed E-state index contributed by atoms with van der Waals surface area (Å²) in [6, 6.07) is 16.0. The van der Waals surface area contributed by atoms with Crippen molar-refractivity contribution in [2.75, 3.05) is 13.1 Å². The third kappa shape index (κ3) is 6.60. The number of hydrogen-bond donors (Lipinski definition) is 3. The molecule has 4 N–H and O–H groups in total. The van der Waals surface area contributed by atoms with Gasteiger partial charge in [-0.15, -0.1) is 0 Å². The molecule has 0 aliphatic heterocycles. The summed E-state index contributed by atoms with van der Waals surface area (Å²) in [6.07, 6.45) is 6.54. The number of pyridine rings is 1. The lowest BCUT2D eigenvalue weighted by molar-refractivity contribution is -0.673. The van der Waals surface area contributed by atoms with Gasteiger partial charge in [-0.3, -0.25) is 14.9 Å². The molecule has 2 aromatic carbocycles. The Morgan fingerprint density at radius 3 is 2.70 bits per heavy atom. The van der Waals surface area contributed by atoms with Crippen LogP contribution in [0.3, 0.4) is 0 Å². The summed E-state index contributed by atoms with van der Waals surface area (Å²) >= 11 is 0. The highest BCUT2D eigenvalue weighted by Gasteiger charge is 2.16. The monoisotopic (exact) mass is 449 g/mol. The van der Waals surface area contributed by atoms with E-state index in [4.69, 9.17) is 5.73 Å². The van der Waals surface area contributed by atoms with Crippen molar-refractivity contribution in [1.29, 1.82) is 0 Å². The number of carbonyl (C=O) groups excluding carboxylic acids is 1. The van der Waals surface area contributed by atoms with Gasteiger partial charge in [-0.25, -0.2) is 0 Å². The van der Waals surface area contributed by atoms with Crippen LogP contribution in [-0.4, -0.2) is 29.0 Å². The van der Waals surface area contributed by atoms with Crippen molar-refractivity contribution >= 4 is 34.6 Å². The van der Waals surface area contributed by atoms with Crippen LogP contribution in [0.15, 0.2) is 54.6 Å². The predicted octanol–water partition coefficient (Wildman–Crippen LogP) is 3.55. The number of nitrogens with two attached hydrogens (primary N) is 1. The summed E-state index contributed by atoms with van der Waals surface area (Å²) in [4.78, 5) is 22.6. The number of nitro groups is 1. The molecule has 0 fully saturated rings. The topological polar surface area (TPSA) is 122 Å². The molecule has 0 radical (unpaired) electrons. The van der Waals surface area contributed by atoms with Crippen LogP contribution in [0, 0.1) is 10.1 Å². The van der Waals surface area contributed by atoms with E-state index in [0.717, 1.165) is 42.4 Å². The number of rotatable bonds is 11. The molecule has 0 saturated heterocycles. The number of aromatic nitrogens is 1. The van der Waals surface area contributed by atoms with Gasteiger partial charge in [0, 0.05) is 55.6 Å². The van der Waals surface area contributed by atoms with E-state index in [1.54, 1.807) is 6.08 Å². The van der Waals surface area contributed by atoms with Gasteiger partial charge in [0.15, 0.2) is 0 Å². The zero-order valence-electron chi connectivity index (χ0n) is 18.4. The molecule has 3 aromatic rings. The largest absolute Gasteiger partial charge is 0.508 e. The second-order valence-electron chi connectivity index (χ2n) is 7.75. The van der Waals surface area contributed by atoms with E-state index in [9.17, 15) is 20.0 Å². The maximum absolute atomic E-state index is 11.7. The van der Waals surface area contributed by atoms with Gasteiger partial charge in [-0.2, -0.15) is 4.57 Å². The summed E-state index contributed by atoms with van der Waals surface area (Å²) in [6.45, 7) is 1.68. The number of nitrogens with zero attached hydrogens (tertiary/aromatic N) is 2. The fraction of sp³-hybridized carbons (Fsp3) is 0.280. The number of aryl methyl sites for hydroxylation is 1. The Labute approximate surface area is 192 Å². The van der Waals surface area contributed by atoms with Crippen molar-refractivity contribution < 1.29 is 19.4 Å². The number of nitro benzene ring substituents is 1. The molecule has 33 heavy (non-hydrogen) atoms. The number of phenols is 1. The van der Waals surface area contributed by atoms with Crippen LogP contribution < -0.4 is 15.6 Å². The summed E-state index contributed by atoms with van der Waals surface area (Å²) < 4.78 is 2.18. The maximum Gasteiger partial charge on any atom is 0.276 e. The Morgan fingerprint density at radius 1 is 1.09 bits per heavy atom. The second-order valence-corrected chi connectivity index (χ2v) is 7.75. The molecule has 8 nitrogen and oxygen atoms in total. The van der Waals surface area contributed by atoms with Gasteiger partial charge < -0.3 is 16.2 Å². The van der Waals surface area contributed by atoms with E-state index in [2.05, 4.69) is 9.88 Å². The van der Waals surface area contributed by atoms with Crippen molar-refractivity contribution in [2.45, 2.75) is 32.2 Å². The van der Waals surface area contributed by atoms with Crippen LogP contribution in [-0.2, 0) is 11.3 Å². The standard InChI is InChI=1S/C25H28N4O4/c26-15-16-27-25(31)8-2-1-5-17-28-21(11-9-19-6-3-4-7-23(19)28)12-10-20-18-22(30)13-14-24(20)29(32)33/h3-4,6-7,9-14,18H,1-2,5,8,15-17,26H2,(H-,27,30,31)/p+1/b12-10+. The van der Waals surface area contributed by atoms with E-state index in [1.807, 2.05) is 42.5 Å². The highest BCUT2D eigenvalue weighted by atomic mass is 16.6. The van der Waals surface area contributed by atoms with Crippen LogP contribution in [0.4, 0.5) is 5.69 Å². The Morgan fingerprint density at radius 2 is 1.91 bits per heavy atom. The highest BCUT2D eigenvalue weighted by molar-refractivity contribution is 5.78. The van der Waals surface area contributed by atoms with Gasteiger partial charge in [-0.1, -0.05) is 12.1 Å². The summed E-state index contributed by atoms with van der Waals surface area (Å²) in [5.41, 5.74) is 7.63. The molecule has 0 saturated carbocycles. The molecule has 3 rings (SSSR count). The zero-order chi connectivity index (χ0) is 23.6. The number of benzene rings is 2. The van der Waals surface area contributed by atoms with Crippen LogP contribution in [0.1, 0.15) is 36.9 Å². The van der Waals surface area contributed by atoms with Crippen molar-refractivity contribution in [3.05, 3.63) is 76.0 Å². The summed E-state index contributed by atoms with van der Waals surface area (Å²) in [7, 11) is 0. The number of unbranched alkanes of at least 4 members (excludes halogenated alkanes) is 2. The first kappa shape index (κ1) is 23.9. The fourth-order valence-corrected chi connectivity index (χ4v) is 3.72. The Balaban J connectivity index is 1.78. The Kier molecular flexibility index (Phi) is 8.49. The van der Waals surface area contributed by atoms with E-state index < -0.39 is 4.92 Å². The molecule has 0 spiro atoms. The van der Waals surface area contributed by atoms with E-state index in [0.29, 0.717) is 25.1 Å². The lowest BCUT2D eigenvalue weighted by Gasteiger charge is -2.06. The lowest BCUT2D eigenvalue weighted by atomic mass is 10.1. The summed E-state index contributed by atoms with van der Waals surface area (Å²) in [5, 5.41) is 25.0. The number of amides is 1. The van der Waals surface area contributed by atoms with Crippen molar-refractivity contribution in [3.63, 3.8) is 0 Å². The molecule has 0 atom stereocenters. The molecular formula is C25H29N4O4+. The smallest absolute Gasteiger partial charge is 0.276 e. The normalized spacial score (nSPS) is 11.2. The van der Waals surface area contributed by atoms with Gasteiger partial charge in [0.05, 0.1) is 10.5 Å². The molecule has 1 aromatic heterocycles. The number of phenolic OH excluding ortho intramolecular Hbond substituents is 1. The van der Waals surface area contributed by atoms with Crippen molar-refractivity contribution in [1.82, 2.24) is 5.32 Å². The van der Waals surface area contributed by atoms with Gasteiger partial charge in [0.1, 0.15) is 12.3 Å². The minimum absolute atomic E-state index is 0.0228. The molecule has 1 amide bonds. The van der Waals surface area contributed by atoms with Crippen LogP contribution in [0.25, 0.3) is 23.1 Å². The molecular weight excluding hydrogens is 420 g/mol. The molecule has 0 aliphatic carbocycles. The van der Waals surface area contributed by atoms with Crippen LogP contribution >= 0.6 is 0 Å². The third-order valence-corrected chi connectivity index (χ3v) is 5.37. The summed E-state index contributed by atoms with van der Waals surface area (Å²) in [5.74, 6) is -0.00303. The minimum Gasteiger partial charge on any atom is -0.508 e. The molecule has 1 heterocycles. The van der Waals surface area contributed by atoms with Crippen molar-refractivity contribution in [3.8, 4) is 5.75 Å².